The van der Waals surface area contributed by atoms with E-state index in [4.69, 9.17) is 22.1 Å². The second-order valence-corrected chi connectivity index (χ2v) is 5.91. The molecule has 0 saturated carbocycles. The Bertz CT molecular complexity index is 562. The van der Waals surface area contributed by atoms with Crippen LogP contribution < -0.4 is 10.5 Å². The number of ether oxygens (including phenoxy) is 1. The van der Waals surface area contributed by atoms with Gasteiger partial charge in [-0.05, 0) is 31.4 Å². The highest BCUT2D eigenvalue weighted by atomic mass is 35.5. The molecule has 22 heavy (non-hydrogen) atoms. The van der Waals surface area contributed by atoms with E-state index in [1.165, 1.54) is 0 Å². The molecule has 1 unspecified atom stereocenters. The molecule has 1 aliphatic heterocycles. The van der Waals surface area contributed by atoms with Gasteiger partial charge in [0.15, 0.2) is 0 Å². The van der Waals surface area contributed by atoms with Crippen LogP contribution in [-0.2, 0) is 16.0 Å². The van der Waals surface area contributed by atoms with E-state index in [1.54, 1.807) is 30.2 Å². The largest absolute Gasteiger partial charge is 0.496 e. The van der Waals surface area contributed by atoms with Gasteiger partial charge in [0.05, 0.1) is 13.5 Å². The summed E-state index contributed by atoms with van der Waals surface area (Å²) in [5.41, 5.74) is 5.97. The molecule has 1 aliphatic rings. The number of primary amides is 1. The van der Waals surface area contributed by atoms with Crippen molar-refractivity contribution in [2.24, 2.45) is 5.73 Å². The molecule has 1 fully saturated rings. The fourth-order valence-corrected chi connectivity index (χ4v) is 3.16. The van der Waals surface area contributed by atoms with Crippen LogP contribution in [0, 0.1) is 0 Å². The first-order valence-corrected chi connectivity index (χ1v) is 7.80. The molecule has 0 aliphatic carbocycles. The number of halogens is 1. The van der Waals surface area contributed by atoms with Crippen molar-refractivity contribution in [2.75, 3.05) is 13.7 Å². The molecule has 0 aromatic heterocycles. The lowest BCUT2D eigenvalue weighted by Crippen LogP contribution is -2.46. The fourth-order valence-electron chi connectivity index (χ4n) is 2.93. The van der Waals surface area contributed by atoms with Gasteiger partial charge in [0.1, 0.15) is 5.75 Å². The number of benzene rings is 1. The van der Waals surface area contributed by atoms with Gasteiger partial charge >= 0.3 is 0 Å². The Morgan fingerprint density at radius 3 is 2.86 bits per heavy atom. The van der Waals surface area contributed by atoms with Gasteiger partial charge in [-0.2, -0.15) is 0 Å². The second kappa shape index (κ2) is 7.49. The lowest BCUT2D eigenvalue weighted by Gasteiger charge is -2.35. The molecular weight excluding hydrogens is 304 g/mol. The second-order valence-electron chi connectivity index (χ2n) is 5.50. The molecule has 0 bridgehead atoms. The summed E-state index contributed by atoms with van der Waals surface area (Å²) in [5.74, 6) is 0.182. The number of amides is 2. The van der Waals surface area contributed by atoms with Gasteiger partial charge in [-0.25, -0.2) is 0 Å². The van der Waals surface area contributed by atoms with Crippen molar-refractivity contribution < 1.29 is 14.3 Å². The summed E-state index contributed by atoms with van der Waals surface area (Å²) in [4.78, 5) is 25.6. The first-order valence-electron chi connectivity index (χ1n) is 7.42. The number of hydrogen-bond donors (Lipinski definition) is 1. The molecule has 120 valence electrons. The third kappa shape index (κ3) is 3.91. The fraction of sp³-hybridized carbons (Fsp3) is 0.500. The Hall–Kier alpha value is -1.75. The summed E-state index contributed by atoms with van der Waals surface area (Å²) in [6.45, 7) is 0.656. The molecule has 1 aromatic carbocycles. The molecule has 1 aromatic rings. The molecule has 2 N–H and O–H groups in total. The highest BCUT2D eigenvalue weighted by Gasteiger charge is 2.28. The van der Waals surface area contributed by atoms with Crippen LogP contribution >= 0.6 is 11.6 Å². The smallest absolute Gasteiger partial charge is 0.227 e. The predicted molar refractivity (Wildman–Crippen MR) is 84.9 cm³/mol. The molecule has 1 heterocycles. The van der Waals surface area contributed by atoms with E-state index in [2.05, 4.69) is 0 Å². The lowest BCUT2D eigenvalue weighted by atomic mass is 9.98. The Morgan fingerprint density at radius 2 is 2.18 bits per heavy atom. The number of nitrogens with zero attached hydrogens (tertiary/aromatic N) is 1. The monoisotopic (exact) mass is 324 g/mol. The van der Waals surface area contributed by atoms with Crippen molar-refractivity contribution in [2.45, 2.75) is 38.1 Å². The standard InChI is InChI=1S/C16H21ClN2O3/c1-22-14-7-4-6-13(17)12(14)10-16(21)19-8-3-2-5-11(19)9-15(18)20/h4,6-7,11H,2-3,5,8-10H2,1H3,(H2,18,20). The maximum atomic E-state index is 12.6. The van der Waals surface area contributed by atoms with Crippen molar-refractivity contribution in [1.29, 1.82) is 0 Å². The van der Waals surface area contributed by atoms with Crippen molar-refractivity contribution >= 4 is 23.4 Å². The topological polar surface area (TPSA) is 72.6 Å². The number of carbonyl (C=O) groups is 2. The zero-order chi connectivity index (χ0) is 16.1. The first kappa shape index (κ1) is 16.6. The number of likely N-dealkylation sites (tertiary alicyclic amines) is 1. The molecular formula is C16H21ClN2O3. The van der Waals surface area contributed by atoms with Gasteiger partial charge in [-0.3, -0.25) is 9.59 Å². The zero-order valence-electron chi connectivity index (χ0n) is 12.7. The number of rotatable bonds is 5. The minimum Gasteiger partial charge on any atom is -0.496 e. The molecule has 5 nitrogen and oxygen atoms in total. The molecule has 1 saturated heterocycles. The van der Waals surface area contributed by atoms with Crippen LogP contribution in [0.25, 0.3) is 0 Å². The van der Waals surface area contributed by atoms with Gasteiger partial charge in [0, 0.05) is 29.6 Å². The van der Waals surface area contributed by atoms with Crippen molar-refractivity contribution in [3.05, 3.63) is 28.8 Å². The van der Waals surface area contributed by atoms with Gasteiger partial charge < -0.3 is 15.4 Å². The van der Waals surface area contributed by atoms with Gasteiger partial charge in [-0.15, -0.1) is 0 Å². The molecule has 0 radical (unpaired) electrons. The maximum absolute atomic E-state index is 12.6. The minimum absolute atomic E-state index is 0.0441. The average Bonchev–Trinajstić information content (AvgIpc) is 2.49. The normalized spacial score (nSPS) is 18.1. The molecule has 2 rings (SSSR count). The Morgan fingerprint density at radius 1 is 1.41 bits per heavy atom. The molecule has 1 atom stereocenters. The SMILES string of the molecule is COc1cccc(Cl)c1CC(=O)N1CCCCC1CC(N)=O. The summed E-state index contributed by atoms with van der Waals surface area (Å²) >= 11 is 6.19. The van der Waals surface area contributed by atoms with Crippen LogP contribution in [0.15, 0.2) is 18.2 Å². The summed E-state index contributed by atoms with van der Waals surface area (Å²) in [7, 11) is 1.55. The third-order valence-electron chi connectivity index (χ3n) is 4.01. The van der Waals surface area contributed by atoms with Gasteiger partial charge in [0.2, 0.25) is 11.8 Å². The van der Waals surface area contributed by atoms with Crippen molar-refractivity contribution in [1.82, 2.24) is 4.90 Å². The molecule has 6 heteroatoms. The number of carbonyl (C=O) groups excluding carboxylic acids is 2. The quantitative estimate of drug-likeness (QED) is 0.902. The highest BCUT2D eigenvalue weighted by Crippen LogP contribution is 2.28. The van der Waals surface area contributed by atoms with E-state index >= 15 is 0 Å². The number of nitrogens with two attached hydrogens (primary N) is 1. The maximum Gasteiger partial charge on any atom is 0.227 e. The van der Waals surface area contributed by atoms with Crippen LogP contribution in [0.2, 0.25) is 5.02 Å². The van der Waals surface area contributed by atoms with Crippen LogP contribution in [0.5, 0.6) is 5.75 Å². The molecule has 0 spiro atoms. The van der Waals surface area contributed by atoms with E-state index in [1.807, 2.05) is 0 Å². The predicted octanol–water partition coefficient (Wildman–Crippen LogP) is 2.15. The van der Waals surface area contributed by atoms with E-state index in [0.29, 0.717) is 22.9 Å². The summed E-state index contributed by atoms with van der Waals surface area (Å²) in [6, 6.07) is 5.20. The highest BCUT2D eigenvalue weighted by molar-refractivity contribution is 6.31. The number of hydrogen-bond acceptors (Lipinski definition) is 3. The van der Waals surface area contributed by atoms with Gasteiger partial charge in [-0.1, -0.05) is 17.7 Å². The van der Waals surface area contributed by atoms with Crippen LogP contribution in [0.4, 0.5) is 0 Å². The van der Waals surface area contributed by atoms with E-state index in [-0.39, 0.29) is 30.7 Å². The number of piperidine rings is 1. The summed E-state index contributed by atoms with van der Waals surface area (Å²) < 4.78 is 5.28. The van der Waals surface area contributed by atoms with Crippen LogP contribution in [0.1, 0.15) is 31.2 Å². The third-order valence-corrected chi connectivity index (χ3v) is 4.36. The van der Waals surface area contributed by atoms with Crippen molar-refractivity contribution in [3.8, 4) is 5.75 Å². The Balaban J connectivity index is 2.15. The van der Waals surface area contributed by atoms with Crippen LogP contribution in [0.3, 0.4) is 0 Å². The summed E-state index contributed by atoms with van der Waals surface area (Å²) in [5, 5.41) is 0.510. The number of methoxy groups -OCH3 is 1. The van der Waals surface area contributed by atoms with Crippen molar-refractivity contribution in [3.63, 3.8) is 0 Å². The minimum atomic E-state index is -0.375. The summed E-state index contributed by atoms with van der Waals surface area (Å²) in [6.07, 6.45) is 3.15. The Kier molecular flexibility index (Phi) is 5.66. The zero-order valence-corrected chi connectivity index (χ0v) is 13.4. The lowest BCUT2D eigenvalue weighted by molar-refractivity contribution is -0.135. The van der Waals surface area contributed by atoms with Gasteiger partial charge in [0.25, 0.3) is 0 Å². The molecule has 2 amide bonds. The first-order chi connectivity index (χ1) is 10.5. The van der Waals surface area contributed by atoms with E-state index in [0.717, 1.165) is 19.3 Å². The van der Waals surface area contributed by atoms with E-state index in [9.17, 15) is 9.59 Å². The average molecular weight is 325 g/mol. The Labute approximate surface area is 135 Å². The van der Waals surface area contributed by atoms with Crippen LogP contribution in [-0.4, -0.2) is 36.4 Å². The van der Waals surface area contributed by atoms with E-state index < -0.39 is 0 Å².